The van der Waals surface area contributed by atoms with E-state index in [0.29, 0.717) is 5.92 Å². The molecule has 3 nitrogen and oxygen atoms in total. The van der Waals surface area contributed by atoms with Crippen LogP contribution in [0.5, 0.6) is 0 Å². The molecule has 0 atom stereocenters. The molecule has 0 saturated heterocycles. The number of hydrogen-bond acceptors (Lipinski definition) is 3. The van der Waals surface area contributed by atoms with Crippen LogP contribution in [0.25, 0.3) is 55.6 Å². The first kappa shape index (κ1) is 37.8. The van der Waals surface area contributed by atoms with Gasteiger partial charge in [-0.25, -0.2) is 0 Å². The SMILES string of the molecule is Cc1c[c-]c(-c2cc(C(C)C)c([Si](C)(C)C)cn2)cc1.[Ir].[c-]1ccc2c(oc3ccccc32)c1-c1cc(Cc2ccccc2)c(-c2ccccc2)cn1. The number of pyridine rings is 2. The van der Waals surface area contributed by atoms with Gasteiger partial charge in [0, 0.05) is 43.4 Å². The summed E-state index contributed by atoms with van der Waals surface area (Å²) < 4.78 is 6.24. The molecule has 0 amide bonds. The van der Waals surface area contributed by atoms with E-state index in [2.05, 4.69) is 150 Å². The van der Waals surface area contributed by atoms with Gasteiger partial charge in [-0.15, -0.1) is 53.6 Å². The second kappa shape index (κ2) is 16.4. The van der Waals surface area contributed by atoms with Crippen molar-refractivity contribution in [3.8, 4) is 33.6 Å². The van der Waals surface area contributed by atoms with Crippen molar-refractivity contribution in [2.45, 2.75) is 52.8 Å². The molecule has 267 valence electrons. The van der Waals surface area contributed by atoms with Crippen LogP contribution in [0.3, 0.4) is 0 Å². The van der Waals surface area contributed by atoms with Crippen LogP contribution in [0.4, 0.5) is 0 Å². The average Bonchev–Trinajstić information content (AvgIpc) is 3.55. The molecule has 3 aromatic heterocycles. The molecule has 0 aliphatic carbocycles. The minimum atomic E-state index is -1.35. The summed E-state index contributed by atoms with van der Waals surface area (Å²) in [5, 5.41) is 3.68. The largest absolute Gasteiger partial charge is 0.501 e. The van der Waals surface area contributed by atoms with Gasteiger partial charge in [0.05, 0.1) is 13.7 Å². The van der Waals surface area contributed by atoms with Crippen LogP contribution in [0.1, 0.15) is 42.0 Å². The van der Waals surface area contributed by atoms with Gasteiger partial charge in [-0.2, -0.15) is 0 Å². The summed E-state index contributed by atoms with van der Waals surface area (Å²) in [7, 11) is -1.35. The molecule has 0 aliphatic rings. The van der Waals surface area contributed by atoms with E-state index in [1.807, 2.05) is 42.6 Å². The van der Waals surface area contributed by atoms with E-state index in [-0.39, 0.29) is 20.1 Å². The number of furan rings is 1. The van der Waals surface area contributed by atoms with Crippen molar-refractivity contribution in [3.05, 3.63) is 174 Å². The quantitative estimate of drug-likeness (QED) is 0.118. The maximum Gasteiger partial charge on any atom is 0.120 e. The van der Waals surface area contributed by atoms with E-state index in [9.17, 15) is 0 Å². The number of nitrogens with zero attached hydrogens (tertiary/aromatic N) is 2. The van der Waals surface area contributed by atoms with Crippen LogP contribution in [-0.2, 0) is 26.5 Å². The Bertz CT molecular complexity index is 2450. The van der Waals surface area contributed by atoms with E-state index < -0.39 is 8.07 Å². The molecule has 0 N–H and O–H groups in total. The molecule has 5 aromatic carbocycles. The molecule has 0 aliphatic heterocycles. The van der Waals surface area contributed by atoms with E-state index in [1.54, 1.807) is 0 Å². The third-order valence-electron chi connectivity index (χ3n) is 9.52. The Hall–Kier alpha value is -4.93. The Labute approximate surface area is 328 Å². The second-order valence-electron chi connectivity index (χ2n) is 14.8. The van der Waals surface area contributed by atoms with E-state index in [1.165, 1.54) is 33.0 Å². The maximum absolute atomic E-state index is 6.24. The molecule has 8 aromatic rings. The summed E-state index contributed by atoms with van der Waals surface area (Å²) in [6.45, 7) is 13.8. The topological polar surface area (TPSA) is 38.9 Å². The molecule has 1 radical (unpaired) electrons. The predicted molar refractivity (Wildman–Crippen MR) is 221 cm³/mol. The Balaban J connectivity index is 0.000000199. The average molecular weight is 885 g/mol. The fourth-order valence-electron chi connectivity index (χ4n) is 6.74. The Morgan fingerprint density at radius 2 is 1.42 bits per heavy atom. The third-order valence-corrected chi connectivity index (χ3v) is 11.6. The van der Waals surface area contributed by atoms with Gasteiger partial charge in [-0.3, -0.25) is 0 Å². The zero-order valence-electron chi connectivity index (χ0n) is 31.2. The summed E-state index contributed by atoms with van der Waals surface area (Å²) in [4.78, 5) is 9.55. The van der Waals surface area contributed by atoms with Crippen LogP contribution < -0.4 is 5.19 Å². The molecule has 0 unspecified atom stereocenters. The third kappa shape index (κ3) is 8.50. The van der Waals surface area contributed by atoms with Gasteiger partial charge in [0.2, 0.25) is 0 Å². The Morgan fingerprint density at radius 1 is 0.717 bits per heavy atom. The molecule has 0 saturated carbocycles. The van der Waals surface area contributed by atoms with Gasteiger partial charge in [-0.05, 0) is 51.7 Å². The molecule has 53 heavy (non-hydrogen) atoms. The van der Waals surface area contributed by atoms with E-state index in [4.69, 9.17) is 14.4 Å². The zero-order valence-corrected chi connectivity index (χ0v) is 34.6. The van der Waals surface area contributed by atoms with Crippen molar-refractivity contribution < 1.29 is 24.5 Å². The number of para-hydroxylation sites is 1. The van der Waals surface area contributed by atoms with Crippen LogP contribution in [0, 0.1) is 19.1 Å². The molecule has 5 heteroatoms. The Morgan fingerprint density at radius 3 is 2.11 bits per heavy atom. The number of benzene rings is 5. The molecule has 0 spiro atoms. The summed E-state index contributed by atoms with van der Waals surface area (Å²) in [6.07, 6.45) is 4.92. The summed E-state index contributed by atoms with van der Waals surface area (Å²) in [5.74, 6) is 0.531. The zero-order chi connectivity index (χ0) is 36.2. The summed E-state index contributed by atoms with van der Waals surface area (Å²) in [6, 6.07) is 50.6. The molecule has 0 bridgehead atoms. The molecular weight excluding hydrogens is 841 g/mol. The second-order valence-corrected chi connectivity index (χ2v) is 19.8. The van der Waals surface area contributed by atoms with Gasteiger partial charge in [-0.1, -0.05) is 148 Å². The van der Waals surface area contributed by atoms with Gasteiger partial charge < -0.3 is 14.4 Å². The van der Waals surface area contributed by atoms with Crippen LogP contribution in [-0.4, -0.2) is 18.0 Å². The van der Waals surface area contributed by atoms with Gasteiger partial charge in [0.15, 0.2) is 0 Å². The number of aromatic nitrogens is 2. The van der Waals surface area contributed by atoms with Crippen molar-refractivity contribution in [1.82, 2.24) is 9.97 Å². The Kier molecular flexibility index (Phi) is 11.7. The smallest absolute Gasteiger partial charge is 0.120 e. The molecule has 8 rings (SSSR count). The summed E-state index contributed by atoms with van der Waals surface area (Å²) >= 11 is 0. The van der Waals surface area contributed by atoms with E-state index >= 15 is 0 Å². The van der Waals surface area contributed by atoms with Crippen LogP contribution in [0.2, 0.25) is 19.6 Å². The van der Waals surface area contributed by atoms with Crippen molar-refractivity contribution in [2.75, 3.05) is 0 Å². The first-order valence-corrected chi connectivity index (χ1v) is 21.6. The molecule has 3 heterocycles. The number of hydrogen-bond donors (Lipinski definition) is 0. The van der Waals surface area contributed by atoms with Crippen molar-refractivity contribution in [3.63, 3.8) is 0 Å². The fourth-order valence-corrected chi connectivity index (χ4v) is 8.42. The minimum Gasteiger partial charge on any atom is -0.501 e. The van der Waals surface area contributed by atoms with Gasteiger partial charge >= 0.3 is 0 Å². The predicted octanol–water partition coefficient (Wildman–Crippen LogP) is 12.2. The van der Waals surface area contributed by atoms with Crippen LogP contribution in [0.15, 0.2) is 144 Å². The first-order valence-electron chi connectivity index (χ1n) is 18.1. The normalized spacial score (nSPS) is 11.3. The standard InChI is InChI=1S/C30H20NO.C18H24NSi.Ir/c1-3-10-21(11-4-1)18-23-19-28(31-20-27(23)22-12-5-2-6-13-22)26-16-9-15-25-24-14-7-8-17-29(24)32-30(25)26;1-13(2)16-11-17(15-9-7-14(3)8-10-15)19-12-18(16)20(4,5)6;/h1-15,17,19-20H,18H2;7-9,11-13H,1-6H3;/q2*-1;. The van der Waals surface area contributed by atoms with E-state index in [0.717, 1.165) is 56.4 Å². The summed E-state index contributed by atoms with van der Waals surface area (Å²) in [5.41, 5.74) is 13.1. The molecule has 0 fully saturated rings. The number of rotatable bonds is 7. The monoisotopic (exact) mass is 885 g/mol. The van der Waals surface area contributed by atoms with Crippen molar-refractivity contribution in [2.24, 2.45) is 0 Å². The first-order chi connectivity index (χ1) is 25.2. The van der Waals surface area contributed by atoms with Crippen LogP contribution >= 0.6 is 0 Å². The number of aryl methyl sites for hydroxylation is 1. The molecular formula is C48H44IrN2OSi-2. The minimum absolute atomic E-state index is 0. The fraction of sp³-hybridized carbons (Fsp3) is 0.167. The number of fused-ring (bicyclic) bond motifs is 3. The van der Waals surface area contributed by atoms with Crippen molar-refractivity contribution >= 4 is 35.2 Å². The maximum atomic E-state index is 6.24. The van der Waals surface area contributed by atoms with Gasteiger partial charge in [0.1, 0.15) is 5.58 Å². The van der Waals surface area contributed by atoms with Gasteiger partial charge in [0.25, 0.3) is 0 Å². The van der Waals surface area contributed by atoms with Crippen molar-refractivity contribution in [1.29, 1.82) is 0 Å².